The lowest BCUT2D eigenvalue weighted by molar-refractivity contribution is -0.166. The van der Waals surface area contributed by atoms with E-state index in [-0.39, 0.29) is 62.4 Å². The predicted molar refractivity (Wildman–Crippen MR) is 209 cm³/mol. The Morgan fingerprint density at radius 3 is 2.43 bits per heavy atom. The predicted octanol–water partition coefficient (Wildman–Crippen LogP) is 5.29. The van der Waals surface area contributed by atoms with E-state index in [1.807, 2.05) is 6.07 Å². The van der Waals surface area contributed by atoms with Gasteiger partial charge < -0.3 is 38.4 Å². The summed E-state index contributed by atoms with van der Waals surface area (Å²) in [5.41, 5.74) is -1.74. The molecule has 0 radical (unpaired) electrons. The number of aromatic nitrogens is 3. The number of nitrogens with zero attached hydrogens (tertiary/aromatic N) is 5. The van der Waals surface area contributed by atoms with Gasteiger partial charge in [-0.15, -0.1) is 11.8 Å². The van der Waals surface area contributed by atoms with Crippen molar-refractivity contribution in [2.45, 2.75) is 68.0 Å². The minimum atomic E-state index is -4.69. The Bertz CT molecular complexity index is 2190. The van der Waals surface area contributed by atoms with Crippen molar-refractivity contribution >= 4 is 43.7 Å². The first-order valence-electron chi connectivity index (χ1n) is 18.6. The number of piperidine rings is 1. The molecule has 3 unspecified atom stereocenters. The summed E-state index contributed by atoms with van der Waals surface area (Å²) in [6.45, 7) is 2.96. The average molecular weight is 892 g/mol. The molecule has 0 bridgehead atoms. The maximum Gasteiger partial charge on any atom is 0.512 e. The maximum absolute atomic E-state index is 15.8. The van der Waals surface area contributed by atoms with Gasteiger partial charge in [0.15, 0.2) is 11.9 Å². The molecular weight excluding hydrogens is 850 g/mol. The number of likely N-dealkylation sites (tertiary alicyclic amines) is 1. The van der Waals surface area contributed by atoms with Crippen molar-refractivity contribution in [1.29, 1.82) is 5.26 Å². The van der Waals surface area contributed by atoms with Crippen LogP contribution in [0.2, 0.25) is 0 Å². The van der Waals surface area contributed by atoms with Gasteiger partial charge in [0, 0.05) is 54.6 Å². The summed E-state index contributed by atoms with van der Waals surface area (Å²) in [5.74, 6) is -4.16. The quantitative estimate of drug-likeness (QED) is 0.0613. The van der Waals surface area contributed by atoms with Crippen molar-refractivity contribution in [3.8, 4) is 6.07 Å². The minimum absolute atomic E-state index is 0.111. The van der Waals surface area contributed by atoms with Gasteiger partial charge in [-0.1, -0.05) is 24.3 Å². The van der Waals surface area contributed by atoms with Crippen LogP contribution in [0.5, 0.6) is 0 Å². The molecule has 5 rings (SSSR count). The first-order chi connectivity index (χ1) is 29.0. The molecule has 3 heterocycles. The molecule has 2 aromatic carbocycles. The Hall–Kier alpha value is -5.33. The molecule has 3 atom stereocenters. The molecule has 2 fully saturated rings. The van der Waals surface area contributed by atoms with E-state index in [4.69, 9.17) is 38.7 Å². The van der Waals surface area contributed by atoms with Gasteiger partial charge in [-0.05, 0) is 50.1 Å². The topological polar surface area (TPSA) is 222 Å². The van der Waals surface area contributed by atoms with Crippen LogP contribution in [-0.2, 0) is 54.5 Å². The standard InChI is InChI=1S/C39H41F3N5O12PS/c1-25(61-31-20-54-37(55-21-31)6-4-3-5-28-8-7-27(19-43)17-33(28)41)39(22-47-24-44-23-45-47,32-10-9-29(40)18-34(32)42)58-38(50)57-26(2)56-36(49)12-11-35(48)46-15-13-30(14-16-46)59-60(51,52)53/h3-12,17-18,23-26,30-31,37H,13-16,20-22H2,1-2H3,(H2,51,52,53). The van der Waals surface area contributed by atoms with E-state index < -0.39 is 78.1 Å². The third-order valence-electron chi connectivity index (χ3n) is 9.19. The van der Waals surface area contributed by atoms with Crippen LogP contribution in [0.25, 0.3) is 6.08 Å². The number of phosphoric ester groups is 1. The number of hydrogen-bond acceptors (Lipinski definition) is 14. The second kappa shape index (κ2) is 21.5. The number of allylic oxidation sites excluding steroid dienone is 2. The summed E-state index contributed by atoms with van der Waals surface area (Å²) < 4.78 is 89.2. The zero-order valence-corrected chi connectivity index (χ0v) is 34.3. The number of benzene rings is 2. The molecule has 0 spiro atoms. The van der Waals surface area contributed by atoms with Crippen LogP contribution < -0.4 is 0 Å². The van der Waals surface area contributed by atoms with Crippen LogP contribution in [0.1, 0.15) is 43.4 Å². The highest BCUT2D eigenvalue weighted by molar-refractivity contribution is 8.00. The molecule has 61 heavy (non-hydrogen) atoms. The normalized spacial score (nSPS) is 19.7. The molecule has 0 saturated carbocycles. The number of ether oxygens (including phenoxy) is 5. The Morgan fingerprint density at radius 1 is 1.05 bits per heavy atom. The van der Waals surface area contributed by atoms with E-state index in [0.717, 1.165) is 30.4 Å². The van der Waals surface area contributed by atoms with Gasteiger partial charge in [0.1, 0.15) is 30.1 Å². The summed E-state index contributed by atoms with van der Waals surface area (Å²) in [6.07, 6.45) is 6.35. The fraction of sp³-hybridized carbons (Fsp3) is 0.385. The van der Waals surface area contributed by atoms with Crippen LogP contribution in [0.4, 0.5) is 18.0 Å². The van der Waals surface area contributed by atoms with Crippen molar-refractivity contribution in [2.75, 3.05) is 26.3 Å². The zero-order chi connectivity index (χ0) is 44.2. The van der Waals surface area contributed by atoms with Crippen LogP contribution in [0.3, 0.4) is 0 Å². The molecule has 3 aromatic rings. The largest absolute Gasteiger partial charge is 0.512 e. The molecule has 2 aliphatic heterocycles. The van der Waals surface area contributed by atoms with Crippen LogP contribution >= 0.6 is 19.6 Å². The monoisotopic (exact) mass is 891 g/mol. The number of carbonyl (C=O) groups is 3. The van der Waals surface area contributed by atoms with E-state index in [0.29, 0.717) is 6.07 Å². The summed E-state index contributed by atoms with van der Waals surface area (Å²) in [4.78, 5) is 61.9. The first kappa shape index (κ1) is 46.7. The lowest BCUT2D eigenvalue weighted by Gasteiger charge is -2.40. The minimum Gasteiger partial charge on any atom is -0.422 e. The van der Waals surface area contributed by atoms with Gasteiger partial charge in [0.25, 0.3) is 0 Å². The van der Waals surface area contributed by atoms with Gasteiger partial charge in [-0.3, -0.25) is 9.32 Å². The van der Waals surface area contributed by atoms with Crippen molar-refractivity contribution < 1.29 is 70.1 Å². The van der Waals surface area contributed by atoms with Gasteiger partial charge in [0.05, 0.1) is 42.7 Å². The highest BCUT2D eigenvalue weighted by Gasteiger charge is 2.47. The smallest absolute Gasteiger partial charge is 0.422 e. The number of phosphoric acid groups is 1. The van der Waals surface area contributed by atoms with Crippen molar-refractivity contribution in [3.05, 3.63) is 114 Å². The summed E-state index contributed by atoms with van der Waals surface area (Å²) in [5, 5.41) is 11.8. The average Bonchev–Trinajstić information content (AvgIpc) is 3.72. The SMILES string of the molecule is CC(OC(=O)C=CC(=O)N1CCC(OP(=O)(O)O)CC1)OC(=O)OC(Cn1cncn1)(c1ccc(F)cc1F)C(C)SC1COC(C=CC=Cc2ccc(C#N)cc2F)OC1. The number of amides is 1. The van der Waals surface area contributed by atoms with Gasteiger partial charge in [-0.2, -0.15) is 10.4 Å². The van der Waals surface area contributed by atoms with Gasteiger partial charge in [0.2, 0.25) is 12.2 Å². The molecule has 22 heteroatoms. The fourth-order valence-electron chi connectivity index (χ4n) is 6.28. The van der Waals surface area contributed by atoms with Crippen molar-refractivity contribution in [3.63, 3.8) is 0 Å². The Kier molecular flexibility index (Phi) is 16.4. The van der Waals surface area contributed by atoms with Gasteiger partial charge in [-0.25, -0.2) is 37.0 Å². The number of rotatable bonds is 16. The van der Waals surface area contributed by atoms with E-state index in [1.54, 1.807) is 25.2 Å². The summed E-state index contributed by atoms with van der Waals surface area (Å²) in [7, 11) is -4.69. The van der Waals surface area contributed by atoms with Crippen LogP contribution in [0.15, 0.2) is 79.4 Å². The molecule has 2 saturated heterocycles. The molecule has 2 N–H and O–H groups in total. The fourth-order valence-corrected chi connectivity index (χ4v) is 8.24. The second-order valence-corrected chi connectivity index (χ2v) is 16.4. The van der Waals surface area contributed by atoms with Crippen molar-refractivity contribution in [2.24, 2.45) is 0 Å². The molecule has 0 aliphatic carbocycles. The summed E-state index contributed by atoms with van der Waals surface area (Å²) >= 11 is 1.20. The van der Waals surface area contributed by atoms with E-state index in [2.05, 4.69) is 14.6 Å². The lowest BCUT2D eigenvalue weighted by atomic mass is 9.89. The number of esters is 1. The van der Waals surface area contributed by atoms with Crippen LogP contribution in [0, 0.1) is 28.8 Å². The highest BCUT2D eigenvalue weighted by atomic mass is 32.2. The third-order valence-corrected chi connectivity index (χ3v) is 11.2. The molecule has 1 aromatic heterocycles. The highest BCUT2D eigenvalue weighted by Crippen LogP contribution is 2.42. The first-order valence-corrected chi connectivity index (χ1v) is 21.0. The van der Waals surface area contributed by atoms with Gasteiger partial charge >= 0.3 is 19.9 Å². The Morgan fingerprint density at radius 2 is 1.79 bits per heavy atom. The van der Waals surface area contributed by atoms with Crippen molar-refractivity contribution in [1.82, 2.24) is 19.7 Å². The Labute approximate surface area is 351 Å². The molecule has 2 aliphatic rings. The van der Waals surface area contributed by atoms with E-state index in [1.165, 1.54) is 59.1 Å². The molecule has 326 valence electrons. The number of hydrogen-bond donors (Lipinski definition) is 2. The second-order valence-electron chi connectivity index (χ2n) is 13.6. The van der Waals surface area contributed by atoms with E-state index >= 15 is 4.39 Å². The molecule has 17 nitrogen and oxygen atoms in total. The maximum atomic E-state index is 15.8. The lowest BCUT2D eigenvalue weighted by Crippen LogP contribution is -2.47. The number of thioether (sulfide) groups is 1. The number of halogens is 3. The number of nitriles is 1. The molecule has 1 amide bonds. The third kappa shape index (κ3) is 13.8. The number of carbonyl (C=O) groups excluding carboxylic acids is 3. The Balaban J connectivity index is 1.23. The van der Waals surface area contributed by atoms with Crippen LogP contribution in [-0.4, -0.2) is 103 Å². The summed E-state index contributed by atoms with van der Waals surface area (Å²) in [6, 6.07) is 8.72. The van der Waals surface area contributed by atoms with E-state index in [9.17, 15) is 27.7 Å². The molecular formula is C39H41F3N5O12PS. The zero-order valence-electron chi connectivity index (χ0n) is 32.6.